The molecular formula is C9H10FNO4. The lowest BCUT2D eigenvalue weighted by Gasteiger charge is -2.15. The van der Waals surface area contributed by atoms with Gasteiger partial charge in [0.25, 0.3) is 0 Å². The summed E-state index contributed by atoms with van der Waals surface area (Å²) in [5.74, 6) is -2.59. The third kappa shape index (κ3) is 2.64. The van der Waals surface area contributed by atoms with Gasteiger partial charge in [-0.1, -0.05) is 0 Å². The minimum atomic E-state index is -1.57. The normalized spacial score (nSPS) is 14.6. The Balaban J connectivity index is 3.00. The number of hydrogen-bond donors (Lipinski definition) is 4. The molecule has 1 aromatic carbocycles. The number of phenolic OH excluding ortho intramolecular Hbond substituents is 1. The molecule has 15 heavy (non-hydrogen) atoms. The first-order chi connectivity index (χ1) is 6.91. The van der Waals surface area contributed by atoms with E-state index in [2.05, 4.69) is 0 Å². The molecule has 0 radical (unpaired) electrons. The molecule has 0 aliphatic carbocycles. The van der Waals surface area contributed by atoms with Crippen molar-refractivity contribution in [1.82, 2.24) is 0 Å². The van der Waals surface area contributed by atoms with Crippen molar-refractivity contribution in [3.8, 4) is 5.75 Å². The Morgan fingerprint density at radius 2 is 2.00 bits per heavy atom. The first kappa shape index (κ1) is 11.4. The molecule has 0 fully saturated rings. The van der Waals surface area contributed by atoms with Crippen molar-refractivity contribution in [3.63, 3.8) is 0 Å². The summed E-state index contributed by atoms with van der Waals surface area (Å²) >= 11 is 0. The number of benzene rings is 1. The van der Waals surface area contributed by atoms with Crippen molar-refractivity contribution in [1.29, 1.82) is 0 Å². The van der Waals surface area contributed by atoms with Gasteiger partial charge in [0.2, 0.25) is 0 Å². The number of aliphatic hydroxyl groups excluding tert-OH is 1. The van der Waals surface area contributed by atoms with Crippen LogP contribution >= 0.6 is 0 Å². The summed E-state index contributed by atoms with van der Waals surface area (Å²) in [4.78, 5) is 10.4. The van der Waals surface area contributed by atoms with Crippen molar-refractivity contribution in [2.75, 3.05) is 0 Å². The molecule has 0 aromatic heterocycles. The summed E-state index contributed by atoms with van der Waals surface area (Å²) in [6.45, 7) is 0. The van der Waals surface area contributed by atoms with E-state index in [1.165, 1.54) is 0 Å². The van der Waals surface area contributed by atoms with Gasteiger partial charge in [0, 0.05) is 6.07 Å². The number of aliphatic carboxylic acids is 1. The fraction of sp³-hybridized carbons (Fsp3) is 0.222. The van der Waals surface area contributed by atoms with Crippen molar-refractivity contribution in [2.45, 2.75) is 12.1 Å². The van der Waals surface area contributed by atoms with Gasteiger partial charge in [-0.2, -0.15) is 0 Å². The fourth-order valence-electron chi connectivity index (χ4n) is 1.11. The molecule has 1 aromatic rings. The average Bonchev–Trinajstić information content (AvgIpc) is 2.13. The third-order valence-electron chi connectivity index (χ3n) is 1.87. The lowest BCUT2D eigenvalue weighted by atomic mass is 10.0. The number of halogens is 1. The Bertz CT molecular complexity index is 362. The predicted octanol–water partition coefficient (Wildman–Crippen LogP) is -0.0234. The van der Waals surface area contributed by atoms with Gasteiger partial charge in [0.1, 0.15) is 23.7 Å². The maximum absolute atomic E-state index is 12.8. The van der Waals surface area contributed by atoms with Crippen LogP contribution in [0.2, 0.25) is 0 Å². The van der Waals surface area contributed by atoms with Crippen molar-refractivity contribution in [2.24, 2.45) is 5.73 Å². The zero-order chi connectivity index (χ0) is 11.6. The van der Waals surface area contributed by atoms with E-state index < -0.39 is 29.7 Å². The molecule has 1 rings (SSSR count). The largest absolute Gasteiger partial charge is 0.508 e. The molecule has 0 spiro atoms. The highest BCUT2D eigenvalue weighted by molar-refractivity contribution is 5.74. The number of carboxylic acids is 1. The zero-order valence-electron chi connectivity index (χ0n) is 7.59. The topological polar surface area (TPSA) is 104 Å². The molecule has 5 N–H and O–H groups in total. The van der Waals surface area contributed by atoms with Crippen LogP contribution in [-0.2, 0) is 4.79 Å². The van der Waals surface area contributed by atoms with Crippen molar-refractivity contribution >= 4 is 5.97 Å². The maximum atomic E-state index is 12.8. The first-order valence-electron chi connectivity index (χ1n) is 4.07. The van der Waals surface area contributed by atoms with Gasteiger partial charge >= 0.3 is 5.97 Å². The Morgan fingerprint density at radius 1 is 1.40 bits per heavy atom. The summed E-state index contributed by atoms with van der Waals surface area (Å²) in [5, 5.41) is 27.0. The first-order valence-corrected chi connectivity index (χ1v) is 4.07. The molecule has 0 saturated carbocycles. The molecule has 0 saturated heterocycles. The van der Waals surface area contributed by atoms with E-state index >= 15 is 0 Å². The highest BCUT2D eigenvalue weighted by Crippen LogP contribution is 2.22. The lowest BCUT2D eigenvalue weighted by Crippen LogP contribution is -2.36. The van der Waals surface area contributed by atoms with Crippen molar-refractivity contribution in [3.05, 3.63) is 29.6 Å². The van der Waals surface area contributed by atoms with E-state index in [-0.39, 0.29) is 5.56 Å². The highest BCUT2D eigenvalue weighted by atomic mass is 19.1. The van der Waals surface area contributed by atoms with E-state index in [4.69, 9.17) is 15.9 Å². The number of aromatic hydroxyl groups is 1. The van der Waals surface area contributed by atoms with E-state index in [0.29, 0.717) is 0 Å². The number of phenols is 1. The van der Waals surface area contributed by atoms with Gasteiger partial charge in [-0.3, -0.25) is 4.79 Å². The SMILES string of the molecule is NC(C(=O)O)C(O)c1cc(O)cc(F)c1. The van der Waals surface area contributed by atoms with E-state index in [0.717, 1.165) is 18.2 Å². The van der Waals surface area contributed by atoms with Gasteiger partial charge in [0.05, 0.1) is 0 Å². The van der Waals surface area contributed by atoms with Crippen LogP contribution in [-0.4, -0.2) is 27.3 Å². The second kappa shape index (κ2) is 4.24. The molecule has 0 bridgehead atoms. The Morgan fingerprint density at radius 3 is 2.47 bits per heavy atom. The molecule has 0 amide bonds. The minimum absolute atomic E-state index is 0.0811. The van der Waals surface area contributed by atoms with Crippen LogP contribution in [0.25, 0.3) is 0 Å². The summed E-state index contributed by atoms with van der Waals surface area (Å²) < 4.78 is 12.8. The molecule has 0 aliphatic rings. The van der Waals surface area contributed by atoms with E-state index in [1.807, 2.05) is 0 Å². The molecule has 5 nitrogen and oxygen atoms in total. The number of nitrogens with two attached hydrogens (primary N) is 1. The summed E-state index contributed by atoms with van der Waals surface area (Å²) in [5.41, 5.74) is 5.06. The van der Waals surface area contributed by atoms with Crippen molar-refractivity contribution < 1.29 is 24.5 Å². The highest BCUT2D eigenvalue weighted by Gasteiger charge is 2.24. The van der Waals surface area contributed by atoms with Crippen LogP contribution in [0.5, 0.6) is 5.75 Å². The van der Waals surface area contributed by atoms with Crippen LogP contribution in [0.4, 0.5) is 4.39 Å². The Labute approximate surface area is 84.6 Å². The quantitative estimate of drug-likeness (QED) is 0.567. The van der Waals surface area contributed by atoms with Gasteiger partial charge in [0.15, 0.2) is 0 Å². The lowest BCUT2D eigenvalue weighted by molar-refractivity contribution is -0.141. The average molecular weight is 215 g/mol. The predicted molar refractivity (Wildman–Crippen MR) is 48.6 cm³/mol. The maximum Gasteiger partial charge on any atom is 0.323 e. The smallest absolute Gasteiger partial charge is 0.323 e. The second-order valence-electron chi connectivity index (χ2n) is 3.05. The number of aliphatic hydroxyl groups is 1. The van der Waals surface area contributed by atoms with Gasteiger partial charge < -0.3 is 21.1 Å². The van der Waals surface area contributed by atoms with Crippen LogP contribution in [0.3, 0.4) is 0 Å². The summed E-state index contributed by atoms with van der Waals surface area (Å²) in [7, 11) is 0. The molecule has 6 heteroatoms. The monoisotopic (exact) mass is 215 g/mol. The van der Waals surface area contributed by atoms with Crippen LogP contribution < -0.4 is 5.73 Å². The standard InChI is InChI=1S/C9H10FNO4/c10-5-1-4(2-6(12)3-5)8(13)7(11)9(14)15/h1-3,7-8,12-13H,11H2,(H,14,15). The number of hydrogen-bond acceptors (Lipinski definition) is 4. The van der Waals surface area contributed by atoms with E-state index in [1.54, 1.807) is 0 Å². The molecular weight excluding hydrogens is 205 g/mol. The Kier molecular flexibility index (Phi) is 3.23. The third-order valence-corrected chi connectivity index (χ3v) is 1.87. The van der Waals surface area contributed by atoms with Crippen LogP contribution in [0.15, 0.2) is 18.2 Å². The zero-order valence-corrected chi connectivity index (χ0v) is 7.59. The van der Waals surface area contributed by atoms with Gasteiger partial charge in [-0.05, 0) is 17.7 Å². The van der Waals surface area contributed by atoms with Crippen LogP contribution in [0.1, 0.15) is 11.7 Å². The molecule has 82 valence electrons. The molecule has 2 unspecified atom stereocenters. The summed E-state index contributed by atoms with van der Waals surface area (Å²) in [6, 6.07) is 1.23. The Hall–Kier alpha value is -1.66. The number of carbonyl (C=O) groups is 1. The van der Waals surface area contributed by atoms with Crippen LogP contribution in [0, 0.1) is 5.82 Å². The number of rotatable bonds is 3. The van der Waals surface area contributed by atoms with Gasteiger partial charge in [-0.15, -0.1) is 0 Å². The fourth-order valence-corrected chi connectivity index (χ4v) is 1.11. The minimum Gasteiger partial charge on any atom is -0.508 e. The molecule has 0 heterocycles. The van der Waals surface area contributed by atoms with E-state index in [9.17, 15) is 14.3 Å². The summed E-state index contributed by atoms with van der Waals surface area (Å²) in [6.07, 6.45) is -1.57. The molecule has 2 atom stereocenters. The second-order valence-corrected chi connectivity index (χ2v) is 3.05. The molecule has 0 aliphatic heterocycles. The number of carboxylic acid groups (broad SMARTS) is 1. The van der Waals surface area contributed by atoms with Gasteiger partial charge in [-0.25, -0.2) is 4.39 Å².